The number of hydrogen-bond acceptors (Lipinski definition) is 25. The molecule has 9 aromatic heterocycles. The molecule has 8 fully saturated rings. The van der Waals surface area contributed by atoms with Crippen molar-refractivity contribution >= 4 is 198 Å². The largest absolute Gasteiger partial charge is 0.367 e. The molecule has 0 unspecified atom stereocenters. The predicted molar refractivity (Wildman–Crippen MR) is 452 cm³/mol. The number of halogens is 6. The Morgan fingerprint density at radius 1 is 0.382 bits per heavy atom. The number of aromatic nitrogens is 14. The number of rotatable bonds is 21. The molecule has 0 atom stereocenters. The van der Waals surface area contributed by atoms with Gasteiger partial charge in [0.15, 0.2) is 28.4 Å². The SMILES string of the molecule is O=C1C/C(=C\c2cnn3c(NC4CC4)cc(Nc4cc(F)ccc4Cl)nc23)C(=O)N1.O=C1C/C(=C\c2cnn3c(NC4CC4)cc(Nc4ccc(-n5ccnc5)cc4F)nc23)C(=O)N1.O=C1C/C(=C\c2cnn3c(NC4CC4)cc(Nc4cccc(Cl)c4F)nc23)C(=O)N1.O=C1C/C(=C\c2cnn3c(NC4CC4)cc(Nc4ccccc4Cl)nc23)C(=O)N1. The third kappa shape index (κ3) is 18.2. The summed E-state index contributed by atoms with van der Waals surface area (Å²) < 4.78 is 51.2. The number of imide groups is 4. The molecule has 13 heterocycles. The maximum Gasteiger partial charge on any atom is 0.254 e. The van der Waals surface area contributed by atoms with Crippen molar-refractivity contribution in [2.24, 2.45) is 0 Å². The first-order valence-corrected chi connectivity index (χ1v) is 40.0. The molecule has 40 heteroatoms. The van der Waals surface area contributed by atoms with Crippen molar-refractivity contribution in [3.63, 3.8) is 0 Å². The van der Waals surface area contributed by atoms with Crippen LogP contribution >= 0.6 is 34.8 Å². The summed E-state index contributed by atoms with van der Waals surface area (Å²) in [6.45, 7) is 0. The van der Waals surface area contributed by atoms with Gasteiger partial charge in [-0.25, -0.2) is 38.1 Å². The summed E-state index contributed by atoms with van der Waals surface area (Å²) in [7, 11) is 0. The second-order valence-electron chi connectivity index (χ2n) is 29.9. The molecule has 123 heavy (non-hydrogen) atoms. The monoisotopic (exact) mass is 1720 g/mol. The molecule has 34 nitrogen and oxygen atoms in total. The van der Waals surface area contributed by atoms with Gasteiger partial charge in [0.25, 0.3) is 23.6 Å². The Hall–Kier alpha value is -14.9. The smallest absolute Gasteiger partial charge is 0.254 e. The van der Waals surface area contributed by atoms with Crippen molar-refractivity contribution in [2.75, 3.05) is 42.5 Å². The maximum atomic E-state index is 14.9. The Morgan fingerprint density at radius 3 is 1.10 bits per heavy atom. The molecule has 13 aromatic rings. The molecule has 0 bridgehead atoms. The van der Waals surface area contributed by atoms with Crippen LogP contribution < -0.4 is 63.8 Å². The number of anilines is 12. The van der Waals surface area contributed by atoms with E-state index in [1.165, 1.54) is 30.3 Å². The minimum absolute atomic E-state index is 0.00379. The molecule has 4 aliphatic heterocycles. The van der Waals surface area contributed by atoms with Gasteiger partial charge in [-0.05, 0) is 130 Å². The molecule has 12 N–H and O–H groups in total. The second kappa shape index (κ2) is 33.4. The van der Waals surface area contributed by atoms with E-state index in [2.05, 4.69) is 109 Å². The summed E-state index contributed by atoms with van der Waals surface area (Å²) in [6.07, 6.45) is 26.5. The number of carbonyl (C=O) groups is 8. The molecule has 0 radical (unpaired) electrons. The van der Waals surface area contributed by atoms with Gasteiger partial charge in [0.2, 0.25) is 23.6 Å². The lowest BCUT2D eigenvalue weighted by atomic mass is 10.1. The molecular formula is C83H68Cl3F3N26O8. The van der Waals surface area contributed by atoms with Crippen molar-refractivity contribution in [3.05, 3.63) is 224 Å². The Labute approximate surface area is 708 Å². The number of para-hydroxylation sites is 1. The molecule has 21 rings (SSSR count). The van der Waals surface area contributed by atoms with Crippen LogP contribution in [0.3, 0.4) is 0 Å². The summed E-state index contributed by atoms with van der Waals surface area (Å²) in [5.74, 6) is 0.304. The second-order valence-corrected chi connectivity index (χ2v) is 31.1. The highest BCUT2D eigenvalue weighted by Gasteiger charge is 2.32. The fourth-order valence-electron chi connectivity index (χ4n) is 13.5. The highest BCUT2D eigenvalue weighted by Crippen LogP contribution is 2.37. The normalized spacial score (nSPS) is 17.4. The first-order chi connectivity index (χ1) is 59.5. The number of hydrogen-bond donors (Lipinski definition) is 12. The summed E-state index contributed by atoms with van der Waals surface area (Å²) in [5.41, 5.74) is 8.04. The zero-order chi connectivity index (χ0) is 84.8. The molecule has 620 valence electrons. The van der Waals surface area contributed by atoms with E-state index in [0.29, 0.717) is 153 Å². The van der Waals surface area contributed by atoms with Gasteiger partial charge in [0.1, 0.15) is 58.2 Å². The lowest BCUT2D eigenvalue weighted by Gasteiger charge is -2.13. The Morgan fingerprint density at radius 2 is 0.740 bits per heavy atom. The Balaban J connectivity index is 0.000000112. The highest BCUT2D eigenvalue weighted by molar-refractivity contribution is 6.34. The molecule has 4 saturated carbocycles. The number of nitrogens with one attached hydrogen (secondary N) is 12. The third-order valence-corrected chi connectivity index (χ3v) is 21.1. The van der Waals surface area contributed by atoms with Crippen LogP contribution in [-0.4, -0.2) is 139 Å². The maximum absolute atomic E-state index is 14.9. The molecule has 4 aromatic carbocycles. The summed E-state index contributed by atoms with van der Waals surface area (Å²) in [6, 6.07) is 29.6. The first-order valence-electron chi connectivity index (χ1n) is 38.8. The van der Waals surface area contributed by atoms with Crippen molar-refractivity contribution in [2.45, 2.75) is 101 Å². The lowest BCUT2D eigenvalue weighted by Crippen LogP contribution is -2.19. The van der Waals surface area contributed by atoms with Crippen LogP contribution in [0.5, 0.6) is 0 Å². The zero-order valence-corrected chi connectivity index (χ0v) is 66.5. The van der Waals surface area contributed by atoms with Gasteiger partial charge in [-0.15, -0.1) is 0 Å². The number of benzene rings is 4. The molecule has 8 aliphatic rings. The zero-order valence-electron chi connectivity index (χ0n) is 64.3. The van der Waals surface area contributed by atoms with E-state index in [-0.39, 0.29) is 71.6 Å². The topological polar surface area (TPSA) is 419 Å². The van der Waals surface area contributed by atoms with Gasteiger partial charge in [-0.2, -0.15) is 38.5 Å². The molecule has 0 spiro atoms. The van der Waals surface area contributed by atoms with Crippen LogP contribution in [-0.2, 0) is 38.4 Å². The van der Waals surface area contributed by atoms with Crippen molar-refractivity contribution in [1.29, 1.82) is 0 Å². The van der Waals surface area contributed by atoms with Gasteiger partial charge < -0.3 is 47.1 Å². The van der Waals surface area contributed by atoms with Crippen LogP contribution in [0.4, 0.5) is 82.5 Å². The van der Waals surface area contributed by atoms with E-state index in [9.17, 15) is 51.5 Å². The van der Waals surface area contributed by atoms with Gasteiger partial charge in [-0.1, -0.05) is 53.0 Å². The van der Waals surface area contributed by atoms with Gasteiger partial charge in [0.05, 0.1) is 94.6 Å². The van der Waals surface area contributed by atoms with Crippen molar-refractivity contribution in [3.8, 4) is 5.69 Å². The average Bonchev–Trinajstić information content (AvgIpc) is 1.67. The molecular weight excluding hydrogens is 1650 g/mol. The number of amides is 8. The van der Waals surface area contributed by atoms with Gasteiger partial charge >= 0.3 is 0 Å². The van der Waals surface area contributed by atoms with Crippen LogP contribution in [0.2, 0.25) is 15.1 Å². The van der Waals surface area contributed by atoms with E-state index in [1.54, 1.807) is 139 Å². The fourth-order valence-corrected chi connectivity index (χ4v) is 14.0. The van der Waals surface area contributed by atoms with Crippen LogP contribution in [0.15, 0.2) is 169 Å². The molecule has 4 aliphatic carbocycles. The summed E-state index contributed by atoms with van der Waals surface area (Å²) in [5, 5.41) is 53.6. The van der Waals surface area contributed by atoms with E-state index < -0.39 is 35.2 Å². The third-order valence-electron chi connectivity index (χ3n) is 20.2. The number of carbonyl (C=O) groups excluding carboxylic acids is 8. The van der Waals surface area contributed by atoms with Gasteiger partial charge in [0, 0.05) is 117 Å². The van der Waals surface area contributed by atoms with Crippen molar-refractivity contribution in [1.82, 2.24) is 89.2 Å². The molecule has 8 amide bonds. The van der Waals surface area contributed by atoms with E-state index >= 15 is 0 Å². The summed E-state index contributed by atoms with van der Waals surface area (Å²) >= 11 is 18.3. The van der Waals surface area contributed by atoms with E-state index in [0.717, 1.165) is 62.9 Å². The number of fused-ring (bicyclic) bond motifs is 4. The Kier molecular flexibility index (Phi) is 21.5. The average molecular weight is 1720 g/mol. The van der Waals surface area contributed by atoms with Crippen LogP contribution in [0, 0.1) is 17.5 Å². The quantitative estimate of drug-likeness (QED) is 0.0235. The first kappa shape index (κ1) is 79.3. The minimum atomic E-state index is -0.575. The summed E-state index contributed by atoms with van der Waals surface area (Å²) in [4.78, 5) is 116. The minimum Gasteiger partial charge on any atom is -0.367 e. The highest BCUT2D eigenvalue weighted by atomic mass is 35.5. The Bertz CT molecular complexity index is 6560. The van der Waals surface area contributed by atoms with Gasteiger partial charge in [-0.3, -0.25) is 59.6 Å². The standard InChI is InChI=1S/C23H19FN8O2.2C20H16ClFN6O2.C20H17ClN6O2/c24-17-9-16(31-6-5-25-12-31)3-4-18(17)28-19-10-20(27-15-1-2-15)32-22(29-19)14(11-26-32)7-13-8-21(33)30-23(13)34;21-14-4-1-12(22)7-15(14)25-16-8-17(24-13-2-3-13)28-19(26-16)11(9-23-28)5-10-6-18(29)27-20(10)30;21-13-2-1-3-14(18(13)22)25-15-8-16(24-12-4-5-12)28-19(26-15)11(9-23-28)6-10-7-17(29)27-20(10)30;21-14-3-1-2-4-15(14)24-16-9-17(23-13-5-6-13)27-19(25-16)12(10-22-27)7-11-8-18(28)26-20(11)29/h3-7,9-12,15,27H,1-2,8H2,(H,28,29)(H,30,33,34);1,4-5,7-9,13,24H,2-3,6H2,(H,25,26)(H,27,29,30);1-3,6,8-9,12,24H,4-5,7H2,(H,25,26)(H,27,29,30);1-4,7,9-10,13,23H,5-6,8H2,(H,24,25)(H,26,28,29)/b13-7+;10-5+;10-6+;11-7+. The fraction of sp³-hybridized carbons (Fsp3) is 0.193. The lowest BCUT2D eigenvalue weighted by molar-refractivity contribution is -0.125. The number of nitrogens with zero attached hydrogens (tertiary/aromatic N) is 14. The van der Waals surface area contributed by atoms with Crippen LogP contribution in [0.1, 0.15) is 99.3 Å². The van der Waals surface area contributed by atoms with E-state index in [4.69, 9.17) is 34.8 Å². The van der Waals surface area contributed by atoms with Crippen LogP contribution in [0.25, 0.3) is 52.6 Å². The van der Waals surface area contributed by atoms with Crippen molar-refractivity contribution < 1.29 is 51.5 Å². The predicted octanol–water partition coefficient (Wildman–Crippen LogP) is 12.5. The van der Waals surface area contributed by atoms with E-state index in [1.807, 2.05) is 24.3 Å². The number of imidazole rings is 1. The molecule has 4 saturated heterocycles.